The normalized spacial score (nSPS) is 14.0. The summed E-state index contributed by atoms with van der Waals surface area (Å²) in [5.41, 5.74) is -0.683. The summed E-state index contributed by atoms with van der Waals surface area (Å²) in [5.74, 6) is -2.09. The van der Waals surface area contributed by atoms with Crippen molar-refractivity contribution in [2.75, 3.05) is 5.88 Å². The standard InChI is InChI=1S/C13H23ClN2O5/c1-5-6-8(16-12(20)21-13(2,3)4)10(17)15-9(7-14)11(18)19/h8-9H,5-7H2,1-4H3,(H,15,17)(H,16,20)(H,18,19)/t8-,9-/m0/s1. The third kappa shape index (κ3) is 8.39. The van der Waals surface area contributed by atoms with Crippen molar-refractivity contribution in [2.24, 2.45) is 0 Å². The minimum atomic E-state index is -1.23. The molecule has 0 fully saturated rings. The maximum absolute atomic E-state index is 12.0. The number of ether oxygens (including phenoxy) is 1. The van der Waals surface area contributed by atoms with Crippen LogP contribution in [0, 0.1) is 0 Å². The average molecular weight is 323 g/mol. The summed E-state index contributed by atoms with van der Waals surface area (Å²) >= 11 is 5.47. The van der Waals surface area contributed by atoms with Crippen LogP contribution >= 0.6 is 11.6 Å². The Morgan fingerprint density at radius 2 is 1.76 bits per heavy atom. The number of carbonyl (C=O) groups is 3. The van der Waals surface area contributed by atoms with E-state index < -0.39 is 35.7 Å². The van der Waals surface area contributed by atoms with Crippen LogP contribution in [0.4, 0.5) is 4.79 Å². The van der Waals surface area contributed by atoms with Crippen LogP contribution < -0.4 is 10.6 Å². The molecule has 0 radical (unpaired) electrons. The Labute approximate surface area is 129 Å². The quantitative estimate of drug-likeness (QED) is 0.616. The van der Waals surface area contributed by atoms with Gasteiger partial charge >= 0.3 is 12.1 Å². The molecular weight excluding hydrogens is 300 g/mol. The van der Waals surface area contributed by atoms with Gasteiger partial charge in [-0.15, -0.1) is 11.6 Å². The van der Waals surface area contributed by atoms with Crippen LogP contribution in [0.15, 0.2) is 0 Å². The van der Waals surface area contributed by atoms with E-state index >= 15 is 0 Å². The highest BCUT2D eigenvalue weighted by Gasteiger charge is 2.27. The number of alkyl halides is 1. The van der Waals surface area contributed by atoms with Crippen molar-refractivity contribution in [1.82, 2.24) is 10.6 Å². The summed E-state index contributed by atoms with van der Waals surface area (Å²) in [4.78, 5) is 34.5. The van der Waals surface area contributed by atoms with Crippen molar-refractivity contribution >= 4 is 29.6 Å². The number of hydrogen-bond acceptors (Lipinski definition) is 4. The lowest BCUT2D eigenvalue weighted by Crippen LogP contribution is -2.52. The molecule has 0 saturated heterocycles. The van der Waals surface area contributed by atoms with Crippen molar-refractivity contribution in [1.29, 1.82) is 0 Å². The molecule has 2 atom stereocenters. The molecule has 0 saturated carbocycles. The van der Waals surface area contributed by atoms with Crippen molar-refractivity contribution < 1.29 is 24.2 Å². The molecular formula is C13H23ClN2O5. The number of rotatable bonds is 7. The number of carboxylic acids is 1. The number of carbonyl (C=O) groups excluding carboxylic acids is 2. The fourth-order valence-electron chi connectivity index (χ4n) is 1.45. The molecule has 122 valence electrons. The Bertz CT molecular complexity index is 381. The van der Waals surface area contributed by atoms with Crippen LogP contribution in [-0.2, 0) is 14.3 Å². The zero-order valence-corrected chi connectivity index (χ0v) is 13.5. The Morgan fingerprint density at radius 3 is 2.14 bits per heavy atom. The SMILES string of the molecule is CCC[C@H](NC(=O)OC(C)(C)C)C(=O)N[C@@H](CCl)C(=O)O. The zero-order chi connectivity index (χ0) is 16.6. The van der Waals surface area contributed by atoms with E-state index in [1.54, 1.807) is 20.8 Å². The fraction of sp³-hybridized carbons (Fsp3) is 0.769. The first-order valence-electron chi connectivity index (χ1n) is 6.69. The lowest BCUT2D eigenvalue weighted by molar-refractivity contribution is -0.141. The summed E-state index contributed by atoms with van der Waals surface area (Å²) < 4.78 is 5.07. The van der Waals surface area contributed by atoms with Crippen LogP contribution in [0.5, 0.6) is 0 Å². The Morgan fingerprint density at radius 1 is 1.19 bits per heavy atom. The monoisotopic (exact) mass is 322 g/mol. The molecule has 0 heterocycles. The zero-order valence-electron chi connectivity index (χ0n) is 12.7. The Hall–Kier alpha value is -1.50. The summed E-state index contributed by atoms with van der Waals surface area (Å²) in [6, 6.07) is -2.06. The molecule has 0 spiro atoms. The highest BCUT2D eigenvalue weighted by molar-refractivity contribution is 6.19. The minimum absolute atomic E-state index is 0.258. The van der Waals surface area contributed by atoms with Crippen LogP contribution in [0.25, 0.3) is 0 Å². The Balaban J connectivity index is 4.70. The van der Waals surface area contributed by atoms with Crippen molar-refractivity contribution in [3.8, 4) is 0 Å². The van der Waals surface area contributed by atoms with E-state index in [2.05, 4.69) is 10.6 Å². The van der Waals surface area contributed by atoms with Crippen LogP contribution in [-0.4, -0.2) is 46.6 Å². The third-order valence-electron chi connectivity index (χ3n) is 2.35. The number of hydrogen-bond donors (Lipinski definition) is 3. The molecule has 0 unspecified atom stereocenters. The molecule has 0 aliphatic heterocycles. The molecule has 0 rings (SSSR count). The van der Waals surface area contributed by atoms with E-state index in [1.807, 2.05) is 6.92 Å². The predicted octanol–water partition coefficient (Wildman–Crippen LogP) is 1.49. The molecule has 21 heavy (non-hydrogen) atoms. The highest BCUT2D eigenvalue weighted by atomic mass is 35.5. The van der Waals surface area contributed by atoms with Gasteiger partial charge in [0.15, 0.2) is 0 Å². The third-order valence-corrected chi connectivity index (χ3v) is 2.66. The average Bonchev–Trinajstić information content (AvgIpc) is 2.32. The van der Waals surface area contributed by atoms with E-state index in [0.717, 1.165) is 0 Å². The highest BCUT2D eigenvalue weighted by Crippen LogP contribution is 2.08. The van der Waals surface area contributed by atoms with E-state index in [9.17, 15) is 14.4 Å². The van der Waals surface area contributed by atoms with Crippen molar-refractivity contribution in [3.05, 3.63) is 0 Å². The Kier molecular flexibility index (Phi) is 8.09. The summed E-state index contributed by atoms with van der Waals surface area (Å²) in [6.45, 7) is 6.95. The predicted molar refractivity (Wildman–Crippen MR) is 78.4 cm³/mol. The summed E-state index contributed by atoms with van der Waals surface area (Å²) in [7, 11) is 0. The first-order valence-corrected chi connectivity index (χ1v) is 7.22. The van der Waals surface area contributed by atoms with E-state index in [-0.39, 0.29) is 5.88 Å². The molecule has 0 bridgehead atoms. The number of aliphatic carboxylic acids is 1. The maximum Gasteiger partial charge on any atom is 0.408 e. The van der Waals surface area contributed by atoms with Crippen LogP contribution in [0.2, 0.25) is 0 Å². The lowest BCUT2D eigenvalue weighted by atomic mass is 10.1. The van der Waals surface area contributed by atoms with Crippen molar-refractivity contribution in [3.63, 3.8) is 0 Å². The molecule has 3 N–H and O–H groups in total. The second kappa shape index (κ2) is 8.71. The van der Waals surface area contributed by atoms with Gasteiger partial charge in [-0.1, -0.05) is 13.3 Å². The minimum Gasteiger partial charge on any atom is -0.480 e. The molecule has 0 aromatic heterocycles. The maximum atomic E-state index is 12.0. The van der Waals surface area contributed by atoms with Crippen molar-refractivity contribution in [2.45, 2.75) is 58.2 Å². The topological polar surface area (TPSA) is 105 Å². The molecule has 8 heteroatoms. The fourth-order valence-corrected chi connectivity index (χ4v) is 1.66. The van der Waals surface area contributed by atoms with Gasteiger partial charge in [-0.2, -0.15) is 0 Å². The van der Waals surface area contributed by atoms with Crippen LogP contribution in [0.3, 0.4) is 0 Å². The van der Waals surface area contributed by atoms with E-state index in [1.165, 1.54) is 0 Å². The summed E-state index contributed by atoms with van der Waals surface area (Å²) in [6.07, 6.45) is 0.264. The van der Waals surface area contributed by atoms with Crippen LogP contribution in [0.1, 0.15) is 40.5 Å². The summed E-state index contributed by atoms with van der Waals surface area (Å²) in [5, 5.41) is 13.6. The smallest absolute Gasteiger partial charge is 0.408 e. The molecule has 2 amide bonds. The van der Waals surface area contributed by atoms with Gasteiger partial charge in [0.2, 0.25) is 5.91 Å². The number of nitrogens with one attached hydrogen (secondary N) is 2. The molecule has 0 aliphatic carbocycles. The van der Waals surface area contributed by atoms with Gasteiger partial charge in [-0.3, -0.25) is 4.79 Å². The molecule has 0 aliphatic rings. The molecule has 0 aromatic carbocycles. The first kappa shape index (κ1) is 19.5. The second-order valence-electron chi connectivity index (χ2n) is 5.54. The number of carboxylic acid groups (broad SMARTS) is 1. The molecule has 0 aromatic rings. The first-order chi connectivity index (χ1) is 9.60. The largest absolute Gasteiger partial charge is 0.480 e. The van der Waals surface area contributed by atoms with Gasteiger partial charge in [0.1, 0.15) is 17.7 Å². The lowest BCUT2D eigenvalue weighted by Gasteiger charge is -2.24. The van der Waals surface area contributed by atoms with Gasteiger partial charge in [0.05, 0.1) is 5.88 Å². The van der Waals surface area contributed by atoms with E-state index in [0.29, 0.717) is 12.8 Å². The van der Waals surface area contributed by atoms with Gasteiger partial charge < -0.3 is 20.5 Å². The number of halogens is 1. The second-order valence-corrected chi connectivity index (χ2v) is 5.85. The molecule has 7 nitrogen and oxygen atoms in total. The number of alkyl carbamates (subject to hydrolysis) is 1. The van der Waals surface area contributed by atoms with Gasteiger partial charge in [0.25, 0.3) is 0 Å². The number of amides is 2. The van der Waals surface area contributed by atoms with E-state index in [4.69, 9.17) is 21.4 Å². The van der Waals surface area contributed by atoms with Gasteiger partial charge in [-0.25, -0.2) is 9.59 Å². The van der Waals surface area contributed by atoms with Gasteiger partial charge in [0, 0.05) is 0 Å². The van der Waals surface area contributed by atoms with Gasteiger partial charge in [-0.05, 0) is 27.2 Å².